The van der Waals surface area contributed by atoms with Gasteiger partial charge in [-0.15, -0.1) is 23.1 Å². The zero-order valence-electron chi connectivity index (χ0n) is 17.5. The van der Waals surface area contributed by atoms with Crippen LogP contribution in [0.1, 0.15) is 38.3 Å². The first kappa shape index (κ1) is 23.0. The van der Waals surface area contributed by atoms with Gasteiger partial charge in [0.25, 0.3) is 11.8 Å². The smallest absolute Gasteiger partial charge is 0.352 e. The Bertz CT molecular complexity index is 1080. The van der Waals surface area contributed by atoms with E-state index in [0.29, 0.717) is 18.6 Å². The largest absolute Gasteiger partial charge is 0.477 e. The topological polar surface area (TPSA) is 150 Å². The molecule has 0 aromatic carbocycles. The molecule has 1 aliphatic carbocycles. The van der Waals surface area contributed by atoms with Gasteiger partial charge < -0.3 is 20.6 Å². The predicted octanol–water partition coefficient (Wildman–Crippen LogP) is 1.65. The molecule has 2 unspecified atom stereocenters. The number of thioether (sulfide) groups is 1. The summed E-state index contributed by atoms with van der Waals surface area (Å²) in [5.41, 5.74) is -0.0595. The summed E-state index contributed by atoms with van der Waals surface area (Å²) < 4.78 is 0. The second kappa shape index (κ2) is 9.75. The Kier molecular flexibility index (Phi) is 6.79. The molecule has 33 heavy (non-hydrogen) atoms. The van der Waals surface area contributed by atoms with E-state index >= 15 is 0 Å². The van der Waals surface area contributed by atoms with Crippen LogP contribution in [-0.4, -0.2) is 61.6 Å². The molecule has 0 radical (unpaired) electrons. The van der Waals surface area contributed by atoms with Gasteiger partial charge in [-0.05, 0) is 38.3 Å². The van der Waals surface area contributed by atoms with Crippen molar-refractivity contribution in [3.63, 3.8) is 0 Å². The first-order valence-corrected chi connectivity index (χ1v) is 12.1. The van der Waals surface area contributed by atoms with E-state index in [1.165, 1.54) is 22.7 Å². The maximum Gasteiger partial charge on any atom is 0.352 e. The third-order valence-electron chi connectivity index (χ3n) is 5.20. The average Bonchev–Trinajstić information content (AvgIpc) is 3.26. The lowest BCUT2D eigenvalue weighted by Gasteiger charge is -2.49. The molecule has 0 spiro atoms. The molecule has 3 aliphatic rings. The normalized spacial score (nSPS) is 24.6. The molecule has 3 heterocycles. The van der Waals surface area contributed by atoms with Gasteiger partial charge in [0.15, 0.2) is 10.8 Å². The van der Waals surface area contributed by atoms with Crippen molar-refractivity contribution in [2.24, 2.45) is 5.16 Å². The molecule has 174 valence electrons. The third kappa shape index (κ3) is 4.78. The van der Waals surface area contributed by atoms with Crippen LogP contribution in [0.5, 0.6) is 0 Å². The number of allylic oxidation sites excluding steroid dienone is 2. The van der Waals surface area contributed by atoms with Crippen molar-refractivity contribution in [3.8, 4) is 0 Å². The number of carboxylic acid groups (broad SMARTS) is 1. The monoisotopic (exact) mass is 491 g/mol. The Morgan fingerprint density at radius 1 is 1.39 bits per heavy atom. The first-order valence-electron chi connectivity index (χ1n) is 10.2. The van der Waals surface area contributed by atoms with Crippen molar-refractivity contribution >= 4 is 58.1 Å². The summed E-state index contributed by atoms with van der Waals surface area (Å²) >= 11 is 2.48. The van der Waals surface area contributed by atoms with E-state index in [1.54, 1.807) is 5.38 Å². The van der Waals surface area contributed by atoms with E-state index in [2.05, 4.69) is 20.8 Å². The fourth-order valence-corrected chi connectivity index (χ4v) is 5.62. The number of amides is 3. The van der Waals surface area contributed by atoms with Crippen molar-refractivity contribution in [1.82, 2.24) is 15.2 Å². The molecule has 1 aromatic heterocycles. The molecule has 1 aromatic rings. The van der Waals surface area contributed by atoms with Crippen LogP contribution >= 0.6 is 23.1 Å². The number of nitrogens with zero attached hydrogens (tertiary/aromatic N) is 3. The molecular weight excluding hydrogens is 470 g/mol. The van der Waals surface area contributed by atoms with Crippen molar-refractivity contribution in [2.75, 3.05) is 5.32 Å². The van der Waals surface area contributed by atoms with Gasteiger partial charge >= 0.3 is 5.97 Å². The van der Waals surface area contributed by atoms with Gasteiger partial charge in [-0.1, -0.05) is 5.16 Å². The van der Waals surface area contributed by atoms with Crippen LogP contribution in [0.25, 0.3) is 0 Å². The molecule has 1 saturated heterocycles. The molecule has 1 fully saturated rings. The summed E-state index contributed by atoms with van der Waals surface area (Å²) in [7, 11) is 0. The molecule has 3 amide bonds. The molecule has 11 nitrogen and oxygen atoms in total. The van der Waals surface area contributed by atoms with Crippen molar-refractivity contribution < 1.29 is 29.1 Å². The number of hydrogen-bond donors (Lipinski definition) is 3. The predicted molar refractivity (Wildman–Crippen MR) is 121 cm³/mol. The maximum absolute atomic E-state index is 13.1. The average molecular weight is 492 g/mol. The lowest BCUT2D eigenvalue weighted by molar-refractivity contribution is -0.150. The van der Waals surface area contributed by atoms with Crippen molar-refractivity contribution in [2.45, 2.75) is 49.3 Å². The molecule has 13 heteroatoms. The Morgan fingerprint density at radius 3 is 2.91 bits per heavy atom. The number of β-lactam (4-membered cyclic amide) rings is 1. The number of aliphatic carboxylic acids is 1. The summed E-state index contributed by atoms with van der Waals surface area (Å²) in [6, 6.07) is -0.918. The molecule has 3 N–H and O–H groups in total. The standard InChI is InChI=1S/C20H21N5O6S2/c1-10-7-13(19(29)30)25-17(28)15(18(25)33-10)23-16(27)14(12-8-32-20(22-12)21-9-26)24-31-11-5-3-2-4-6-11/h5,7-10,15,18H,2-4,6H2,1H3,(H,23,27)(H,29,30)(H,21,22,26)/t10?,15?,18-/m1/s1. The minimum absolute atomic E-state index is 0.0905. The number of thiazole rings is 1. The number of aromatic nitrogens is 1. The minimum atomic E-state index is -1.20. The van der Waals surface area contributed by atoms with Gasteiger partial charge in [0, 0.05) is 17.1 Å². The lowest BCUT2D eigenvalue weighted by atomic mass is 10.0. The van der Waals surface area contributed by atoms with Gasteiger partial charge in [0.1, 0.15) is 28.6 Å². The second-order valence-electron chi connectivity index (χ2n) is 7.50. The van der Waals surface area contributed by atoms with Crippen LogP contribution in [0.3, 0.4) is 0 Å². The summed E-state index contributed by atoms with van der Waals surface area (Å²) in [6.07, 6.45) is 7.46. The van der Waals surface area contributed by atoms with E-state index in [-0.39, 0.29) is 27.5 Å². The van der Waals surface area contributed by atoms with Crippen LogP contribution < -0.4 is 10.6 Å². The number of oxime groups is 1. The number of anilines is 1. The van der Waals surface area contributed by atoms with Gasteiger partial charge in [-0.3, -0.25) is 19.3 Å². The highest BCUT2D eigenvalue weighted by Gasteiger charge is 2.54. The summed E-state index contributed by atoms with van der Waals surface area (Å²) in [5.74, 6) is -1.75. The summed E-state index contributed by atoms with van der Waals surface area (Å²) in [6.45, 7) is 1.82. The number of carbonyl (C=O) groups is 4. The van der Waals surface area contributed by atoms with Crippen LogP contribution in [0.15, 0.2) is 34.1 Å². The van der Waals surface area contributed by atoms with Gasteiger partial charge in [-0.2, -0.15) is 0 Å². The first-order chi connectivity index (χ1) is 15.9. The maximum atomic E-state index is 13.1. The summed E-state index contributed by atoms with van der Waals surface area (Å²) in [4.78, 5) is 58.9. The highest BCUT2D eigenvalue weighted by Crippen LogP contribution is 2.40. The highest BCUT2D eigenvalue weighted by atomic mass is 32.2. The van der Waals surface area contributed by atoms with E-state index in [0.717, 1.165) is 30.6 Å². The zero-order chi connectivity index (χ0) is 23.5. The molecule has 3 atom stereocenters. The Balaban J connectivity index is 1.54. The molecule has 4 rings (SSSR count). The molecule has 0 saturated carbocycles. The van der Waals surface area contributed by atoms with Gasteiger partial charge in [0.2, 0.25) is 6.41 Å². The number of carbonyl (C=O) groups excluding carboxylic acids is 3. The Labute approximate surface area is 196 Å². The van der Waals surface area contributed by atoms with Gasteiger partial charge in [0.05, 0.1) is 0 Å². The SMILES string of the molecule is CC1C=C(C(=O)O)N2C(=O)C(NC(=O)C(=NOC3=CCCCC3)c3csc(NC=O)n3)[C@H]2S1. The molecule has 2 aliphatic heterocycles. The fourth-order valence-electron chi connectivity index (χ4n) is 3.64. The van der Waals surface area contributed by atoms with Gasteiger partial charge in [-0.25, -0.2) is 9.78 Å². The van der Waals surface area contributed by atoms with Crippen LogP contribution in [0.4, 0.5) is 5.13 Å². The summed E-state index contributed by atoms with van der Waals surface area (Å²) in [5, 5.41) is 19.6. The number of hydrogen-bond acceptors (Lipinski definition) is 9. The van der Waals surface area contributed by atoms with E-state index < -0.39 is 29.2 Å². The molecule has 0 bridgehead atoms. The number of rotatable bonds is 8. The van der Waals surface area contributed by atoms with Crippen LogP contribution in [0, 0.1) is 0 Å². The minimum Gasteiger partial charge on any atom is -0.477 e. The van der Waals surface area contributed by atoms with E-state index in [9.17, 15) is 24.3 Å². The second-order valence-corrected chi connectivity index (χ2v) is 9.85. The Hall–Kier alpha value is -3.19. The number of carboxylic acids is 1. The van der Waals surface area contributed by atoms with E-state index in [1.807, 2.05) is 13.0 Å². The number of nitrogens with one attached hydrogen (secondary N) is 2. The zero-order valence-corrected chi connectivity index (χ0v) is 19.1. The number of fused-ring (bicyclic) bond motifs is 1. The highest BCUT2D eigenvalue weighted by molar-refractivity contribution is 8.00. The third-order valence-corrected chi connectivity index (χ3v) is 7.30. The quantitative estimate of drug-likeness (QED) is 0.215. The molecular formula is C20H21N5O6S2. The van der Waals surface area contributed by atoms with Crippen LogP contribution in [0.2, 0.25) is 0 Å². The lowest BCUT2D eigenvalue weighted by Crippen LogP contribution is -2.71. The van der Waals surface area contributed by atoms with E-state index in [4.69, 9.17) is 4.84 Å². The fraction of sp³-hybridized carbons (Fsp3) is 0.400. The Morgan fingerprint density at radius 2 is 2.21 bits per heavy atom. The van der Waals surface area contributed by atoms with Crippen molar-refractivity contribution in [3.05, 3.63) is 34.7 Å². The van der Waals surface area contributed by atoms with Crippen LogP contribution in [-0.2, 0) is 24.0 Å². The van der Waals surface area contributed by atoms with Crippen molar-refractivity contribution in [1.29, 1.82) is 0 Å².